The number of hydrazine groups is 1. The molecule has 1 heterocycles. The van der Waals surface area contributed by atoms with Crippen LogP contribution in [-0.4, -0.2) is 50.5 Å². The lowest BCUT2D eigenvalue weighted by atomic mass is 10.0. The Morgan fingerprint density at radius 2 is 1.58 bits per heavy atom. The molecule has 0 saturated heterocycles. The van der Waals surface area contributed by atoms with E-state index in [1.165, 1.54) is 5.56 Å². The number of amides is 2. The van der Waals surface area contributed by atoms with Crippen LogP contribution in [0.15, 0.2) is 48.8 Å². The average Bonchev–Trinajstić information content (AvgIpc) is 2.68. The van der Waals surface area contributed by atoms with Gasteiger partial charge in [-0.3, -0.25) is 20.4 Å². The molecule has 0 atom stereocenters. The van der Waals surface area contributed by atoms with Crippen LogP contribution in [-0.2, 0) is 29.5 Å². The van der Waals surface area contributed by atoms with Gasteiger partial charge in [0, 0.05) is 25.1 Å². The third-order valence-corrected chi connectivity index (χ3v) is 4.56. The van der Waals surface area contributed by atoms with Crippen LogP contribution in [0.3, 0.4) is 0 Å². The number of anilines is 1. The number of carbonyl (C=O) groups excluding carboxylic acids is 2. The molecule has 2 rings (SSSR count). The molecule has 1 aromatic carbocycles. The van der Waals surface area contributed by atoms with Crippen molar-refractivity contribution in [1.29, 1.82) is 0 Å². The number of aromatic nitrogens is 1. The summed E-state index contributed by atoms with van der Waals surface area (Å²) in [5, 5.41) is 2.65. The lowest BCUT2D eigenvalue weighted by molar-refractivity contribution is -0.870. The monoisotopic (exact) mass is 653 g/mol. The lowest BCUT2D eigenvalue weighted by Gasteiger charge is -2.23. The van der Waals surface area contributed by atoms with Gasteiger partial charge in [-0.15, -0.1) is 0 Å². The maximum absolute atomic E-state index is 12.0. The van der Waals surface area contributed by atoms with Crippen LogP contribution in [0, 0.1) is 0 Å². The quantitative estimate of drug-likeness (QED) is 0.0635. The molecule has 0 aliphatic carbocycles. The predicted molar refractivity (Wildman–Crippen MR) is 114 cm³/mol. The van der Waals surface area contributed by atoms with Crippen LogP contribution in [0.4, 0.5) is 5.69 Å². The molecule has 0 spiro atoms. The summed E-state index contributed by atoms with van der Waals surface area (Å²) in [6.45, 7) is 1.40. The standard InChI is InChI=1S/C22H31N5O2.2HI/c1-26-15-12-18(13-16-26)10-11-19-8-5-6-9-20(19)24-25-22(29)21(28)23-14-7-17-27(2,3)4;;/h5-6,8-9,12-13,15-16H,7,10-11,14,17H2,1-4H3,(H-2,23,24,25,28,29);2*1H. The largest absolute Gasteiger partial charge is 1.00 e. The van der Waals surface area contributed by atoms with E-state index in [1.54, 1.807) is 0 Å². The minimum atomic E-state index is -0.694. The van der Waals surface area contributed by atoms with Gasteiger partial charge in [0.15, 0.2) is 12.4 Å². The summed E-state index contributed by atoms with van der Waals surface area (Å²) in [6, 6.07) is 12.0. The zero-order valence-corrected chi connectivity index (χ0v) is 22.9. The number of halogens is 2. The van der Waals surface area contributed by atoms with Crippen LogP contribution in [0.5, 0.6) is 0 Å². The van der Waals surface area contributed by atoms with E-state index in [0.29, 0.717) is 6.54 Å². The minimum Gasteiger partial charge on any atom is -1.00 e. The molecular weight excluding hydrogens is 620 g/mol. The second kappa shape index (κ2) is 14.6. The molecule has 2 aromatic rings. The molecule has 0 saturated carbocycles. The third-order valence-electron chi connectivity index (χ3n) is 4.56. The molecule has 172 valence electrons. The Labute approximate surface area is 219 Å². The number of hydrogen-bond donors (Lipinski definition) is 3. The van der Waals surface area contributed by atoms with E-state index in [4.69, 9.17) is 0 Å². The van der Waals surface area contributed by atoms with Crippen molar-refractivity contribution in [2.45, 2.75) is 19.3 Å². The Balaban J connectivity index is 0.00000450. The Kier molecular flexibility index (Phi) is 13.9. The summed E-state index contributed by atoms with van der Waals surface area (Å²) >= 11 is 0. The van der Waals surface area contributed by atoms with Gasteiger partial charge in [0.2, 0.25) is 0 Å². The Morgan fingerprint density at radius 1 is 0.935 bits per heavy atom. The summed E-state index contributed by atoms with van der Waals surface area (Å²) in [6.07, 6.45) is 6.58. The second-order valence-electron chi connectivity index (χ2n) is 8.23. The van der Waals surface area contributed by atoms with E-state index >= 15 is 0 Å². The molecule has 0 bridgehead atoms. The van der Waals surface area contributed by atoms with Gasteiger partial charge in [-0.25, -0.2) is 4.57 Å². The van der Waals surface area contributed by atoms with Gasteiger partial charge < -0.3 is 57.8 Å². The highest BCUT2D eigenvalue weighted by Gasteiger charge is 2.14. The van der Waals surface area contributed by atoms with E-state index in [1.807, 2.05) is 48.3 Å². The van der Waals surface area contributed by atoms with Gasteiger partial charge in [0.05, 0.1) is 33.4 Å². The molecule has 1 aromatic heterocycles. The van der Waals surface area contributed by atoms with Crippen molar-refractivity contribution in [3.63, 3.8) is 0 Å². The summed E-state index contributed by atoms with van der Waals surface area (Å²) in [7, 11) is 8.26. The van der Waals surface area contributed by atoms with E-state index in [9.17, 15) is 9.59 Å². The molecule has 3 N–H and O–H groups in total. The lowest BCUT2D eigenvalue weighted by Crippen LogP contribution is -3.00. The summed E-state index contributed by atoms with van der Waals surface area (Å²) < 4.78 is 2.82. The zero-order chi connectivity index (χ0) is 21.3. The number of para-hydroxylation sites is 1. The first-order chi connectivity index (χ1) is 13.7. The zero-order valence-electron chi connectivity index (χ0n) is 18.6. The van der Waals surface area contributed by atoms with Gasteiger partial charge in [-0.2, -0.15) is 0 Å². The first kappa shape index (κ1) is 29.5. The van der Waals surface area contributed by atoms with E-state index in [2.05, 4.69) is 49.4 Å². The maximum Gasteiger partial charge on any atom is 0.327 e. The molecule has 0 fully saturated rings. The number of nitrogens with one attached hydrogen (secondary N) is 3. The number of pyridine rings is 1. The van der Waals surface area contributed by atoms with Crippen molar-refractivity contribution in [2.24, 2.45) is 7.05 Å². The SMILES string of the molecule is C[n+]1ccc(CCc2ccccc2NNC(=O)C(=O)NCCC[N+](C)(C)C)cc1.[I-].[I-]. The number of nitrogens with zero attached hydrogens (tertiary/aromatic N) is 2. The Bertz CT molecular complexity index is 823. The van der Waals surface area contributed by atoms with Crippen molar-refractivity contribution >= 4 is 17.5 Å². The maximum atomic E-state index is 12.0. The summed E-state index contributed by atoms with van der Waals surface area (Å²) in [5.41, 5.74) is 8.49. The smallest absolute Gasteiger partial charge is 0.327 e. The first-order valence-corrected chi connectivity index (χ1v) is 9.91. The molecule has 9 heteroatoms. The van der Waals surface area contributed by atoms with Gasteiger partial charge in [-0.1, -0.05) is 18.2 Å². The number of carbonyl (C=O) groups is 2. The van der Waals surface area contributed by atoms with Crippen molar-refractivity contribution in [3.05, 3.63) is 59.9 Å². The van der Waals surface area contributed by atoms with Crippen molar-refractivity contribution in [3.8, 4) is 0 Å². The molecule has 2 amide bonds. The van der Waals surface area contributed by atoms with E-state index < -0.39 is 11.8 Å². The van der Waals surface area contributed by atoms with E-state index in [0.717, 1.165) is 41.5 Å². The molecule has 7 nitrogen and oxygen atoms in total. The van der Waals surface area contributed by atoms with Crippen LogP contribution in [0.1, 0.15) is 17.5 Å². The van der Waals surface area contributed by atoms with Gasteiger partial charge in [-0.05, 0) is 30.0 Å². The number of aryl methyl sites for hydroxylation is 3. The normalized spacial score (nSPS) is 10.3. The molecule has 0 unspecified atom stereocenters. The fourth-order valence-electron chi connectivity index (χ4n) is 2.85. The van der Waals surface area contributed by atoms with Gasteiger partial charge in [0.1, 0.15) is 7.05 Å². The number of quaternary nitrogens is 1. The van der Waals surface area contributed by atoms with Gasteiger partial charge >= 0.3 is 11.8 Å². The second-order valence-corrected chi connectivity index (χ2v) is 8.23. The fraction of sp³-hybridized carbons (Fsp3) is 0.409. The Hall–Kier alpha value is -1.47. The summed E-state index contributed by atoms with van der Waals surface area (Å²) in [4.78, 5) is 24.0. The van der Waals surface area contributed by atoms with Crippen molar-refractivity contribution in [1.82, 2.24) is 10.7 Å². The predicted octanol–water partition coefficient (Wildman–Crippen LogP) is -5.04. The van der Waals surface area contributed by atoms with Crippen LogP contribution < -0.4 is 68.7 Å². The molecule has 31 heavy (non-hydrogen) atoms. The summed E-state index contributed by atoms with van der Waals surface area (Å²) in [5.74, 6) is -1.32. The molecular formula is C22H33I2N5O2. The van der Waals surface area contributed by atoms with Crippen LogP contribution >= 0.6 is 0 Å². The fourth-order valence-corrected chi connectivity index (χ4v) is 2.85. The van der Waals surface area contributed by atoms with E-state index in [-0.39, 0.29) is 48.0 Å². The van der Waals surface area contributed by atoms with Gasteiger partial charge in [0.25, 0.3) is 0 Å². The van der Waals surface area contributed by atoms with Crippen LogP contribution in [0.2, 0.25) is 0 Å². The number of rotatable bonds is 9. The highest BCUT2D eigenvalue weighted by atomic mass is 127. The average molecular weight is 653 g/mol. The van der Waals surface area contributed by atoms with Crippen molar-refractivity contribution < 1.29 is 66.6 Å². The highest BCUT2D eigenvalue weighted by molar-refractivity contribution is 6.35. The molecule has 0 radical (unpaired) electrons. The minimum absolute atomic E-state index is 0. The third kappa shape index (κ3) is 11.6. The van der Waals surface area contributed by atoms with Crippen molar-refractivity contribution in [2.75, 3.05) is 39.7 Å². The first-order valence-electron chi connectivity index (χ1n) is 9.91. The Morgan fingerprint density at radius 3 is 2.23 bits per heavy atom. The highest BCUT2D eigenvalue weighted by Crippen LogP contribution is 2.16. The molecule has 0 aliphatic rings. The molecule has 0 aliphatic heterocycles. The van der Waals surface area contributed by atoms with Crippen LogP contribution in [0.25, 0.3) is 0 Å². The topological polar surface area (TPSA) is 74.1 Å². The number of hydrogen-bond acceptors (Lipinski definition) is 3. The number of benzene rings is 1.